The zero-order valence-corrected chi connectivity index (χ0v) is 18.7. The maximum atomic E-state index is 14.1. The highest BCUT2D eigenvalue weighted by Gasteiger charge is 2.47. The fraction of sp³-hybridized carbons (Fsp3) is 0.423. The van der Waals surface area contributed by atoms with Crippen LogP contribution in [0.5, 0.6) is 0 Å². The maximum Gasteiger partial charge on any atom is 0.308 e. The van der Waals surface area contributed by atoms with Gasteiger partial charge in [0.25, 0.3) is 0 Å². The molecule has 4 aromatic rings. The Morgan fingerprint density at radius 3 is 2.62 bits per heavy atom. The van der Waals surface area contributed by atoms with Gasteiger partial charge in [0.1, 0.15) is 17.3 Å². The highest BCUT2D eigenvalue weighted by molar-refractivity contribution is 5.96. The number of nitrogens with zero attached hydrogens (tertiary/aromatic N) is 3. The van der Waals surface area contributed by atoms with Gasteiger partial charge in [0, 0.05) is 40.9 Å². The molecule has 34 heavy (non-hydrogen) atoms. The van der Waals surface area contributed by atoms with Gasteiger partial charge in [-0.1, -0.05) is 0 Å². The van der Waals surface area contributed by atoms with Crippen molar-refractivity contribution in [2.75, 3.05) is 5.32 Å². The minimum absolute atomic E-state index is 0.152. The summed E-state index contributed by atoms with van der Waals surface area (Å²) >= 11 is 0. The highest BCUT2D eigenvalue weighted by Crippen LogP contribution is 2.47. The molecule has 4 aliphatic carbocycles. The molecule has 1 aromatic carbocycles. The number of carboxylic acid groups (broad SMARTS) is 1. The van der Waals surface area contributed by atoms with Gasteiger partial charge in [-0.2, -0.15) is 0 Å². The first kappa shape index (κ1) is 20.0. The number of benzene rings is 1. The molecular formula is C26H26FN5O2. The summed E-state index contributed by atoms with van der Waals surface area (Å²) in [6, 6.07) is 6.97. The average molecular weight is 460 g/mol. The van der Waals surface area contributed by atoms with Crippen LogP contribution in [0.4, 0.5) is 10.2 Å². The molecule has 0 saturated heterocycles. The topological polar surface area (TPSA) is 95.8 Å². The third-order valence-electron chi connectivity index (χ3n) is 8.20. The molecular weight excluding hydrogens is 433 g/mol. The van der Waals surface area contributed by atoms with E-state index in [4.69, 9.17) is 9.97 Å². The highest BCUT2D eigenvalue weighted by atomic mass is 19.1. The second kappa shape index (κ2) is 7.29. The second-order valence-electron chi connectivity index (χ2n) is 10.2. The summed E-state index contributed by atoms with van der Waals surface area (Å²) in [4.78, 5) is 25.3. The van der Waals surface area contributed by atoms with E-state index in [1.165, 1.54) is 12.1 Å². The summed E-state index contributed by atoms with van der Waals surface area (Å²) in [5.41, 5.74) is 2.40. The third kappa shape index (κ3) is 3.04. The molecule has 0 aliphatic heterocycles. The Hall–Kier alpha value is -3.42. The zero-order chi connectivity index (χ0) is 23.0. The molecule has 3 heterocycles. The first-order valence-electron chi connectivity index (χ1n) is 12.2. The molecule has 0 radical (unpaired) electrons. The fourth-order valence-corrected chi connectivity index (χ4v) is 6.36. The molecule has 2 atom stereocenters. The predicted octanol–water partition coefficient (Wildman–Crippen LogP) is 5.35. The van der Waals surface area contributed by atoms with Crippen LogP contribution in [0.2, 0.25) is 0 Å². The number of carbonyl (C=O) groups is 1. The van der Waals surface area contributed by atoms with Crippen molar-refractivity contribution in [2.45, 2.75) is 50.6 Å². The van der Waals surface area contributed by atoms with Gasteiger partial charge < -0.3 is 20.0 Å². The Morgan fingerprint density at radius 2 is 1.85 bits per heavy atom. The van der Waals surface area contributed by atoms with Gasteiger partial charge in [0.15, 0.2) is 5.82 Å². The maximum absolute atomic E-state index is 14.1. The Kier molecular flexibility index (Phi) is 4.29. The summed E-state index contributed by atoms with van der Waals surface area (Å²) in [7, 11) is 0. The van der Waals surface area contributed by atoms with Crippen LogP contribution < -0.4 is 5.32 Å². The Labute approximate surface area is 195 Å². The molecule has 174 valence electrons. The number of aromatic nitrogens is 4. The smallest absolute Gasteiger partial charge is 0.308 e. The minimum Gasteiger partial charge on any atom is -0.481 e. The molecule has 4 fully saturated rings. The zero-order valence-electron chi connectivity index (χ0n) is 18.7. The molecule has 8 heteroatoms. The van der Waals surface area contributed by atoms with Gasteiger partial charge in [-0.25, -0.2) is 14.4 Å². The van der Waals surface area contributed by atoms with E-state index in [9.17, 15) is 14.3 Å². The summed E-state index contributed by atoms with van der Waals surface area (Å²) in [5.74, 6) is 0.288. The first-order valence-corrected chi connectivity index (χ1v) is 12.2. The SMILES string of the molecule is O=C(O)C1C2CCC(CC2)C1Nc1nc(-c2c[nH]c3ccc(F)cc23)nc2c1ccn2C1CC1. The van der Waals surface area contributed by atoms with Crippen molar-refractivity contribution in [1.82, 2.24) is 19.5 Å². The Morgan fingerprint density at radius 1 is 1.06 bits per heavy atom. The van der Waals surface area contributed by atoms with Crippen LogP contribution in [-0.2, 0) is 4.79 Å². The van der Waals surface area contributed by atoms with E-state index in [0.29, 0.717) is 23.6 Å². The third-order valence-corrected chi connectivity index (χ3v) is 8.20. The van der Waals surface area contributed by atoms with Crippen molar-refractivity contribution in [3.8, 4) is 11.4 Å². The molecule has 0 amide bonds. The molecule has 7 nitrogen and oxygen atoms in total. The van der Waals surface area contributed by atoms with E-state index in [0.717, 1.165) is 66.0 Å². The van der Waals surface area contributed by atoms with Gasteiger partial charge in [-0.05, 0) is 74.6 Å². The number of halogens is 1. The van der Waals surface area contributed by atoms with Gasteiger partial charge in [0.05, 0.1) is 11.3 Å². The van der Waals surface area contributed by atoms with Crippen LogP contribution >= 0.6 is 0 Å². The largest absolute Gasteiger partial charge is 0.481 e. The van der Waals surface area contributed by atoms with Crippen molar-refractivity contribution in [2.24, 2.45) is 17.8 Å². The number of anilines is 1. The van der Waals surface area contributed by atoms with E-state index >= 15 is 0 Å². The van der Waals surface area contributed by atoms with E-state index < -0.39 is 11.9 Å². The van der Waals surface area contributed by atoms with Crippen molar-refractivity contribution in [3.05, 3.63) is 42.5 Å². The fourth-order valence-electron chi connectivity index (χ4n) is 6.36. The van der Waals surface area contributed by atoms with Crippen molar-refractivity contribution in [3.63, 3.8) is 0 Å². The van der Waals surface area contributed by atoms with Gasteiger partial charge in [-0.15, -0.1) is 0 Å². The number of rotatable bonds is 5. The van der Waals surface area contributed by atoms with Crippen LogP contribution in [0.25, 0.3) is 33.3 Å². The average Bonchev–Trinajstić information content (AvgIpc) is 3.45. The van der Waals surface area contributed by atoms with Crippen molar-refractivity contribution in [1.29, 1.82) is 0 Å². The van der Waals surface area contributed by atoms with E-state index in [2.05, 4.69) is 21.1 Å². The molecule has 4 aliphatic rings. The Bertz CT molecular complexity index is 1430. The number of hydrogen-bond acceptors (Lipinski definition) is 4. The number of aromatic amines is 1. The molecule has 8 rings (SSSR count). The summed E-state index contributed by atoms with van der Waals surface area (Å²) in [6.07, 6.45) is 10.2. The number of nitrogens with one attached hydrogen (secondary N) is 2. The lowest BCUT2D eigenvalue weighted by atomic mass is 9.61. The van der Waals surface area contributed by atoms with Crippen LogP contribution in [0.1, 0.15) is 44.6 Å². The molecule has 3 aromatic heterocycles. The van der Waals surface area contributed by atoms with Crippen LogP contribution in [0.3, 0.4) is 0 Å². The van der Waals surface area contributed by atoms with E-state index in [-0.39, 0.29) is 17.8 Å². The Balaban J connectivity index is 1.38. The first-order chi connectivity index (χ1) is 16.6. The molecule has 2 bridgehead atoms. The number of fused-ring (bicyclic) bond motifs is 5. The van der Waals surface area contributed by atoms with E-state index in [1.54, 1.807) is 6.07 Å². The predicted molar refractivity (Wildman–Crippen MR) is 127 cm³/mol. The normalized spacial score (nSPS) is 26.4. The number of H-pyrrole nitrogens is 1. The van der Waals surface area contributed by atoms with Crippen molar-refractivity contribution >= 4 is 33.7 Å². The van der Waals surface area contributed by atoms with Crippen LogP contribution in [0.15, 0.2) is 36.7 Å². The summed E-state index contributed by atoms with van der Waals surface area (Å²) < 4.78 is 16.3. The summed E-state index contributed by atoms with van der Waals surface area (Å²) in [5, 5.41) is 15.3. The molecule has 2 unspecified atom stereocenters. The lowest BCUT2D eigenvalue weighted by Crippen LogP contribution is -2.51. The second-order valence-corrected chi connectivity index (χ2v) is 10.2. The number of hydrogen-bond donors (Lipinski definition) is 3. The molecule has 0 spiro atoms. The molecule has 4 saturated carbocycles. The van der Waals surface area contributed by atoms with Crippen LogP contribution in [0, 0.1) is 23.6 Å². The van der Waals surface area contributed by atoms with Crippen LogP contribution in [-0.4, -0.2) is 36.6 Å². The lowest BCUT2D eigenvalue weighted by Gasteiger charge is -2.47. The quantitative estimate of drug-likeness (QED) is 0.374. The molecule has 3 N–H and O–H groups in total. The van der Waals surface area contributed by atoms with Gasteiger partial charge in [0.2, 0.25) is 0 Å². The standard InChI is InChI=1S/C26H26FN5O2/c27-15-5-8-20-18(11-15)19(12-28-20)24-30-23(17-9-10-32(16-6-7-16)25(17)31-24)29-22-14-3-1-13(2-4-14)21(22)26(33)34/h5,8-14,16,21-22,28H,1-4,6-7H2,(H,33,34)(H,29,30,31). The van der Waals surface area contributed by atoms with Crippen molar-refractivity contribution < 1.29 is 14.3 Å². The number of carboxylic acids is 1. The van der Waals surface area contributed by atoms with E-state index in [1.807, 2.05) is 12.3 Å². The minimum atomic E-state index is -0.722. The summed E-state index contributed by atoms with van der Waals surface area (Å²) in [6.45, 7) is 0. The van der Waals surface area contributed by atoms with Gasteiger partial charge >= 0.3 is 5.97 Å². The lowest BCUT2D eigenvalue weighted by molar-refractivity contribution is -0.148. The van der Waals surface area contributed by atoms with Gasteiger partial charge in [-0.3, -0.25) is 4.79 Å². The number of aliphatic carboxylic acids is 1. The monoisotopic (exact) mass is 459 g/mol.